The normalized spacial score (nSPS) is 25.8. The number of aliphatic hydroxyl groups excluding tert-OH is 2. The number of nitrogens with zero attached hydrogens (tertiary/aromatic N) is 1. The Morgan fingerprint density at radius 3 is 2.46 bits per heavy atom. The fourth-order valence-corrected chi connectivity index (χ4v) is 11.3. The van der Waals surface area contributed by atoms with Gasteiger partial charge in [-0.3, -0.25) is 4.79 Å². The van der Waals surface area contributed by atoms with Crippen LogP contribution in [0.4, 0.5) is 0 Å². The molecule has 0 radical (unpaired) electrons. The summed E-state index contributed by atoms with van der Waals surface area (Å²) in [6, 6.07) is 21.4. The molecule has 10 heteroatoms. The van der Waals surface area contributed by atoms with Crippen molar-refractivity contribution in [1.29, 1.82) is 0 Å². The Balaban J connectivity index is 1.38. The summed E-state index contributed by atoms with van der Waals surface area (Å²) < 4.78 is 26.3. The number of fused-ring (bicyclic) bond motifs is 2. The van der Waals surface area contributed by atoms with E-state index < -0.39 is 5.79 Å². The van der Waals surface area contributed by atoms with Crippen molar-refractivity contribution in [2.45, 2.75) is 99.4 Å². The van der Waals surface area contributed by atoms with Crippen molar-refractivity contribution in [3.63, 3.8) is 0 Å². The van der Waals surface area contributed by atoms with E-state index in [2.05, 4.69) is 30.9 Å². The monoisotopic (exact) mass is 795 g/mol. The van der Waals surface area contributed by atoms with Gasteiger partial charge in [0, 0.05) is 36.4 Å². The minimum atomic E-state index is -1.01. The molecule has 0 unspecified atom stereocenters. The first-order valence-corrected chi connectivity index (χ1v) is 21.7. The van der Waals surface area contributed by atoms with E-state index in [-0.39, 0.29) is 42.1 Å². The molecule has 3 aromatic carbocycles. The molecule has 3 aliphatic carbocycles. The van der Waals surface area contributed by atoms with E-state index in [0.29, 0.717) is 47.7 Å². The third-order valence-corrected chi connectivity index (χ3v) is 13.8. The van der Waals surface area contributed by atoms with Gasteiger partial charge in [0.1, 0.15) is 29.6 Å². The number of allylic oxidation sites excluding steroid dienone is 1. The van der Waals surface area contributed by atoms with Crippen molar-refractivity contribution < 1.29 is 38.8 Å². The van der Waals surface area contributed by atoms with Crippen LogP contribution in [0.2, 0.25) is 0 Å². The topological polar surface area (TPSA) is 116 Å². The highest BCUT2D eigenvalue weighted by atomic mass is 32.2. The number of carbonyl (C=O) groups excluding carboxylic acids is 1. The molecule has 1 aliphatic heterocycles. The number of methoxy groups -OCH3 is 1. The summed E-state index contributed by atoms with van der Waals surface area (Å²) in [5.74, 6) is 1.50. The fourth-order valence-electron chi connectivity index (χ4n) is 9.53. The molecule has 4 aliphatic rings. The van der Waals surface area contributed by atoms with E-state index in [0.717, 1.165) is 85.8 Å². The van der Waals surface area contributed by atoms with Gasteiger partial charge < -0.3 is 34.0 Å². The molecule has 2 saturated carbocycles. The predicted molar refractivity (Wildman–Crippen MR) is 224 cm³/mol. The van der Waals surface area contributed by atoms with Crippen molar-refractivity contribution in [1.82, 2.24) is 0 Å². The molecule has 3 aromatic rings. The first kappa shape index (κ1) is 41.1. The van der Waals surface area contributed by atoms with E-state index in [1.54, 1.807) is 25.3 Å². The molecule has 57 heavy (non-hydrogen) atoms. The van der Waals surface area contributed by atoms with Gasteiger partial charge in [-0.05, 0) is 97.9 Å². The van der Waals surface area contributed by atoms with E-state index in [1.165, 1.54) is 12.8 Å². The molecule has 1 heterocycles. The van der Waals surface area contributed by atoms with Crippen LogP contribution in [0, 0.1) is 17.8 Å². The number of rotatable bonds is 20. The average Bonchev–Trinajstić information content (AvgIpc) is 3.76. The third-order valence-electron chi connectivity index (χ3n) is 12.1. The minimum Gasteiger partial charge on any atom is -0.496 e. The van der Waals surface area contributed by atoms with Crippen molar-refractivity contribution in [3.8, 4) is 23.0 Å². The van der Waals surface area contributed by atoms with Gasteiger partial charge in [0.25, 0.3) is 0 Å². The van der Waals surface area contributed by atoms with E-state index in [4.69, 9.17) is 28.9 Å². The lowest BCUT2D eigenvalue weighted by Crippen LogP contribution is -2.64. The van der Waals surface area contributed by atoms with Crippen molar-refractivity contribution >= 4 is 23.8 Å². The maximum absolute atomic E-state index is 11.9. The average molecular weight is 796 g/mol. The van der Waals surface area contributed by atoms with Crippen molar-refractivity contribution in [2.75, 3.05) is 26.9 Å². The number of aldehydes is 1. The highest BCUT2D eigenvalue weighted by Gasteiger charge is 2.64. The zero-order valence-corrected chi connectivity index (χ0v) is 33.9. The van der Waals surface area contributed by atoms with Gasteiger partial charge in [-0.15, -0.1) is 18.3 Å². The van der Waals surface area contributed by atoms with Crippen LogP contribution in [-0.4, -0.2) is 65.4 Å². The lowest BCUT2D eigenvalue weighted by Gasteiger charge is -2.58. The molecular weight excluding hydrogens is 739 g/mol. The van der Waals surface area contributed by atoms with Gasteiger partial charge in [0.15, 0.2) is 6.29 Å². The van der Waals surface area contributed by atoms with Gasteiger partial charge in [-0.1, -0.05) is 73.3 Å². The Morgan fingerprint density at radius 1 is 0.965 bits per heavy atom. The maximum atomic E-state index is 11.9. The predicted octanol–water partition coefficient (Wildman–Crippen LogP) is 9.81. The summed E-state index contributed by atoms with van der Waals surface area (Å²) in [7, 11) is 1.54. The second-order valence-electron chi connectivity index (χ2n) is 15.7. The number of hydrogen-bond acceptors (Lipinski definition) is 10. The molecular formula is C47H57NO8S. The van der Waals surface area contributed by atoms with E-state index in [9.17, 15) is 15.0 Å². The van der Waals surface area contributed by atoms with Crippen LogP contribution in [0.3, 0.4) is 0 Å². The maximum Gasteiger partial charge on any atom is 0.230 e. The van der Waals surface area contributed by atoms with Gasteiger partial charge in [0.2, 0.25) is 5.79 Å². The number of benzene rings is 3. The lowest BCUT2D eigenvalue weighted by atomic mass is 9.56. The molecule has 0 spiro atoms. The molecule has 6 atom stereocenters. The number of aliphatic hydroxyl groups is 2. The quantitative estimate of drug-likeness (QED) is 0.0499. The molecule has 0 bridgehead atoms. The van der Waals surface area contributed by atoms with Crippen molar-refractivity contribution in [2.24, 2.45) is 22.9 Å². The molecule has 7 rings (SSSR count). The summed E-state index contributed by atoms with van der Waals surface area (Å²) in [6.07, 6.45) is 15.4. The van der Waals surface area contributed by atoms with Crippen LogP contribution in [0.5, 0.6) is 23.0 Å². The number of thioether (sulfide) groups is 1. The van der Waals surface area contributed by atoms with Crippen LogP contribution in [0.15, 0.2) is 96.2 Å². The first-order chi connectivity index (χ1) is 28.0. The SMILES string of the molecule is C=CCO[C@@]12Oc3ccc(Oc4ccc(OC)c(C=O)c4)cc3[C@H]3[C@H](CCCCO)[C@@H](CCCCO)C=C(C(=NOCc4ccccc4)C[C@@H]1SC1CCCC1)[C@H]32. The van der Waals surface area contributed by atoms with Gasteiger partial charge in [-0.25, -0.2) is 0 Å². The third kappa shape index (κ3) is 9.15. The largest absolute Gasteiger partial charge is 0.496 e. The Morgan fingerprint density at radius 2 is 1.72 bits per heavy atom. The number of hydrogen-bond donors (Lipinski definition) is 2. The van der Waals surface area contributed by atoms with Gasteiger partial charge in [0.05, 0.1) is 36.2 Å². The zero-order chi connectivity index (χ0) is 39.6. The fraction of sp³-hybridized carbons (Fsp3) is 0.489. The standard InChI is InChI=1S/C47H57NO8S/c1-3-25-53-47-44(57-37-16-7-8-17-37)29-41(48-54-31-32-13-5-4-6-14-32)39-27-33(15-9-11-23-49)38(18-10-12-24-50)45(46(39)47)40-28-36(20-22-43(40)56-47)55-35-19-21-42(52-2)34(26-35)30-51/h3-6,13-14,19-22,26-28,30,33,37-38,44-46,49-50H,1,7-12,15-18,23-25,29,31H2,2H3/t33-,38+,44-,45+,46+,47+/m0/s1. The number of carbonyl (C=O) groups is 1. The Bertz CT molecular complexity index is 1880. The number of ether oxygens (including phenoxy) is 4. The van der Waals surface area contributed by atoms with Crippen molar-refractivity contribution in [3.05, 3.63) is 108 Å². The highest BCUT2D eigenvalue weighted by Crippen LogP contribution is 2.63. The van der Waals surface area contributed by atoms with Crippen LogP contribution in [0.1, 0.15) is 98.0 Å². The van der Waals surface area contributed by atoms with Gasteiger partial charge in [-0.2, -0.15) is 0 Å². The molecule has 9 nitrogen and oxygen atoms in total. The smallest absolute Gasteiger partial charge is 0.230 e. The summed E-state index contributed by atoms with van der Waals surface area (Å²) >= 11 is 1.99. The molecule has 0 amide bonds. The Labute approximate surface area is 341 Å². The van der Waals surface area contributed by atoms with Crippen LogP contribution < -0.4 is 14.2 Å². The van der Waals surface area contributed by atoms with Crippen LogP contribution in [0.25, 0.3) is 0 Å². The second-order valence-corrected chi connectivity index (χ2v) is 17.2. The zero-order valence-electron chi connectivity index (χ0n) is 33.1. The molecule has 304 valence electrons. The number of unbranched alkanes of at least 4 members (excludes halogenated alkanes) is 2. The van der Waals surface area contributed by atoms with E-state index >= 15 is 0 Å². The molecule has 2 fully saturated rings. The minimum absolute atomic E-state index is 0.0485. The lowest BCUT2D eigenvalue weighted by molar-refractivity contribution is -0.223. The second kappa shape index (κ2) is 19.6. The Hall–Kier alpha value is -4.09. The first-order valence-electron chi connectivity index (χ1n) is 20.7. The summed E-state index contributed by atoms with van der Waals surface area (Å²) in [5, 5.41) is 25.2. The van der Waals surface area contributed by atoms with Crippen LogP contribution in [-0.2, 0) is 16.2 Å². The van der Waals surface area contributed by atoms with Crippen LogP contribution >= 0.6 is 11.8 Å². The summed E-state index contributed by atoms with van der Waals surface area (Å²) in [5.41, 5.74) is 4.55. The molecule has 0 aromatic heterocycles. The summed E-state index contributed by atoms with van der Waals surface area (Å²) in [4.78, 5) is 18.1. The van der Waals surface area contributed by atoms with E-state index in [1.807, 2.05) is 48.2 Å². The Kier molecular flexibility index (Phi) is 14.1. The molecule has 2 N–H and O–H groups in total. The summed E-state index contributed by atoms with van der Waals surface area (Å²) in [6.45, 7) is 5.05. The highest BCUT2D eigenvalue weighted by molar-refractivity contribution is 8.00. The number of oxime groups is 1. The van der Waals surface area contributed by atoms with Gasteiger partial charge >= 0.3 is 0 Å². The molecule has 0 saturated heterocycles.